The summed E-state index contributed by atoms with van der Waals surface area (Å²) >= 11 is 0. The molecule has 1 amide bonds. The van der Waals surface area contributed by atoms with E-state index in [-0.39, 0.29) is 23.6 Å². The molecule has 0 bridgehead atoms. The predicted molar refractivity (Wildman–Crippen MR) is 151 cm³/mol. The summed E-state index contributed by atoms with van der Waals surface area (Å²) in [6.07, 6.45) is 0.589. The van der Waals surface area contributed by atoms with E-state index >= 15 is 0 Å². The highest BCUT2D eigenvalue weighted by Gasteiger charge is 2.46. The molecule has 0 radical (unpaired) electrons. The Bertz CT molecular complexity index is 1430. The van der Waals surface area contributed by atoms with E-state index in [1.54, 1.807) is 30.3 Å². The highest BCUT2D eigenvalue weighted by Crippen LogP contribution is 2.40. The number of likely N-dealkylation sites (tertiary alicyclic amines) is 1. The lowest BCUT2D eigenvalue weighted by Crippen LogP contribution is -2.39. The summed E-state index contributed by atoms with van der Waals surface area (Å²) in [4.78, 5) is 41.2. The van der Waals surface area contributed by atoms with Gasteiger partial charge in [-0.25, -0.2) is 0 Å². The average molecular weight is 558 g/mol. The molecule has 0 aromatic heterocycles. The molecule has 212 valence electrons. The van der Waals surface area contributed by atoms with E-state index in [1.807, 2.05) is 30.3 Å². The van der Waals surface area contributed by atoms with E-state index < -0.39 is 22.7 Å². The minimum Gasteiger partial charge on any atom is -0.507 e. The first kappa shape index (κ1) is 28.0. The van der Waals surface area contributed by atoms with E-state index in [9.17, 15) is 24.8 Å². The normalized spacial score (nSPS) is 18.9. The van der Waals surface area contributed by atoms with Crippen molar-refractivity contribution in [3.63, 3.8) is 0 Å². The average Bonchev–Trinajstić information content (AvgIpc) is 3.26. The van der Waals surface area contributed by atoms with Crippen molar-refractivity contribution in [1.82, 2.24) is 9.80 Å². The zero-order valence-electron chi connectivity index (χ0n) is 22.5. The van der Waals surface area contributed by atoms with Crippen molar-refractivity contribution in [3.8, 4) is 5.75 Å². The Labute approximate surface area is 237 Å². The lowest BCUT2D eigenvalue weighted by atomic mass is 9.95. The smallest absolute Gasteiger partial charge is 0.295 e. The van der Waals surface area contributed by atoms with Gasteiger partial charge in [0.25, 0.3) is 17.4 Å². The third-order valence-electron chi connectivity index (χ3n) is 7.29. The van der Waals surface area contributed by atoms with Gasteiger partial charge in [-0.3, -0.25) is 24.6 Å². The van der Waals surface area contributed by atoms with Crippen LogP contribution < -0.4 is 4.74 Å². The Balaban J connectivity index is 1.42. The second kappa shape index (κ2) is 12.8. The summed E-state index contributed by atoms with van der Waals surface area (Å²) < 4.78 is 11.2. The fourth-order valence-corrected chi connectivity index (χ4v) is 5.16. The van der Waals surface area contributed by atoms with Crippen LogP contribution in [0.3, 0.4) is 0 Å². The Kier molecular flexibility index (Phi) is 8.71. The first-order valence-electron chi connectivity index (χ1n) is 13.5. The lowest BCUT2D eigenvalue weighted by molar-refractivity contribution is -0.384. The summed E-state index contributed by atoms with van der Waals surface area (Å²) in [5, 5.41) is 22.9. The van der Waals surface area contributed by atoms with Crippen molar-refractivity contribution in [1.29, 1.82) is 0 Å². The van der Waals surface area contributed by atoms with E-state index in [0.29, 0.717) is 49.7 Å². The molecule has 2 aliphatic rings. The lowest BCUT2D eigenvalue weighted by Gasteiger charge is -2.29. The van der Waals surface area contributed by atoms with E-state index in [1.165, 1.54) is 23.1 Å². The van der Waals surface area contributed by atoms with Crippen LogP contribution in [0.1, 0.15) is 29.2 Å². The molecule has 2 fully saturated rings. The van der Waals surface area contributed by atoms with Crippen molar-refractivity contribution >= 4 is 23.1 Å². The van der Waals surface area contributed by atoms with Crippen LogP contribution in [0.5, 0.6) is 5.75 Å². The number of rotatable bonds is 10. The maximum Gasteiger partial charge on any atom is 0.295 e. The summed E-state index contributed by atoms with van der Waals surface area (Å²) in [5.41, 5.74) is 1.46. The van der Waals surface area contributed by atoms with Crippen LogP contribution in [0, 0.1) is 10.1 Å². The molecule has 0 spiro atoms. The first-order valence-corrected chi connectivity index (χ1v) is 13.5. The van der Waals surface area contributed by atoms with Crippen molar-refractivity contribution < 1.29 is 29.1 Å². The molecular formula is C31H31N3O7. The number of morpholine rings is 1. The van der Waals surface area contributed by atoms with Gasteiger partial charge in [-0.1, -0.05) is 42.5 Å². The number of nitro groups is 1. The predicted octanol–water partition coefficient (Wildman–Crippen LogP) is 4.32. The molecule has 1 N–H and O–H groups in total. The quantitative estimate of drug-likeness (QED) is 0.129. The topological polar surface area (TPSA) is 122 Å². The second-order valence-corrected chi connectivity index (χ2v) is 9.95. The van der Waals surface area contributed by atoms with Crippen LogP contribution in [-0.2, 0) is 20.9 Å². The first-order chi connectivity index (χ1) is 19.9. The molecule has 1 unspecified atom stereocenters. The summed E-state index contributed by atoms with van der Waals surface area (Å²) in [6.45, 7) is 4.20. The van der Waals surface area contributed by atoms with Gasteiger partial charge in [0.05, 0.1) is 29.8 Å². The van der Waals surface area contributed by atoms with Crippen LogP contribution in [0.15, 0.2) is 84.4 Å². The van der Waals surface area contributed by atoms with Gasteiger partial charge in [-0.15, -0.1) is 0 Å². The van der Waals surface area contributed by atoms with Crippen molar-refractivity contribution in [3.05, 3.63) is 111 Å². The van der Waals surface area contributed by atoms with Crippen LogP contribution in [-0.4, -0.2) is 70.9 Å². The zero-order valence-corrected chi connectivity index (χ0v) is 22.5. The number of aliphatic hydroxyl groups excluding tert-OH is 1. The molecule has 2 heterocycles. The number of carbonyl (C=O) groups is 2. The minimum absolute atomic E-state index is 0.0974. The number of benzene rings is 3. The molecule has 10 heteroatoms. The van der Waals surface area contributed by atoms with Crippen LogP contribution >= 0.6 is 0 Å². The number of hydrogen-bond acceptors (Lipinski definition) is 8. The van der Waals surface area contributed by atoms with Gasteiger partial charge in [0, 0.05) is 43.9 Å². The number of nitro benzene ring substituents is 1. The number of carbonyl (C=O) groups excluding carboxylic acids is 2. The minimum atomic E-state index is -0.964. The Morgan fingerprint density at radius 1 is 0.976 bits per heavy atom. The Morgan fingerprint density at radius 2 is 1.71 bits per heavy atom. The monoisotopic (exact) mass is 557 g/mol. The fraction of sp³-hybridized carbons (Fsp3) is 0.290. The summed E-state index contributed by atoms with van der Waals surface area (Å²) in [5.74, 6) is -1.34. The number of nitrogens with zero attached hydrogens (tertiary/aromatic N) is 3. The van der Waals surface area contributed by atoms with Gasteiger partial charge in [0.2, 0.25) is 0 Å². The number of aliphatic hydroxyl groups is 1. The van der Waals surface area contributed by atoms with E-state index in [0.717, 1.165) is 18.7 Å². The molecule has 0 aliphatic carbocycles. The molecule has 2 aliphatic heterocycles. The Hall–Kier alpha value is -4.54. The molecule has 3 aromatic rings. The zero-order chi connectivity index (χ0) is 28.8. The summed E-state index contributed by atoms with van der Waals surface area (Å²) in [7, 11) is 0. The maximum absolute atomic E-state index is 13.3. The molecule has 41 heavy (non-hydrogen) atoms. The van der Waals surface area contributed by atoms with Crippen molar-refractivity contribution in [2.24, 2.45) is 0 Å². The fourth-order valence-electron chi connectivity index (χ4n) is 5.16. The molecule has 2 saturated heterocycles. The SMILES string of the molecule is O=C1C(=O)N(CCCN2CCOCC2)C(c2cccc([N+](=O)[O-])c2)/C1=C(\O)c1ccc(OCc2ccccc2)cc1. The Morgan fingerprint density at radius 3 is 2.41 bits per heavy atom. The summed E-state index contributed by atoms with van der Waals surface area (Å²) in [6, 6.07) is 21.2. The second-order valence-electron chi connectivity index (χ2n) is 9.95. The number of Topliss-reactive ketones (excluding diaryl/α,β-unsaturated/α-hetero) is 1. The van der Waals surface area contributed by atoms with Crippen LogP contribution in [0.4, 0.5) is 5.69 Å². The highest BCUT2D eigenvalue weighted by molar-refractivity contribution is 6.46. The van der Waals surface area contributed by atoms with Gasteiger partial charge in [0.1, 0.15) is 18.1 Å². The van der Waals surface area contributed by atoms with Gasteiger partial charge < -0.3 is 19.5 Å². The van der Waals surface area contributed by atoms with Crippen molar-refractivity contribution in [2.75, 3.05) is 39.4 Å². The van der Waals surface area contributed by atoms with E-state index in [2.05, 4.69) is 4.90 Å². The molecule has 3 aromatic carbocycles. The number of ketones is 1. The third kappa shape index (κ3) is 6.45. The van der Waals surface area contributed by atoms with Gasteiger partial charge in [-0.2, -0.15) is 0 Å². The molecule has 5 rings (SSSR count). The van der Waals surface area contributed by atoms with Gasteiger partial charge in [-0.05, 0) is 41.8 Å². The molecule has 10 nitrogen and oxygen atoms in total. The van der Waals surface area contributed by atoms with Crippen molar-refractivity contribution in [2.45, 2.75) is 19.1 Å². The third-order valence-corrected chi connectivity index (χ3v) is 7.29. The van der Waals surface area contributed by atoms with Crippen LogP contribution in [0.2, 0.25) is 0 Å². The van der Waals surface area contributed by atoms with Gasteiger partial charge >= 0.3 is 0 Å². The number of hydrogen-bond donors (Lipinski definition) is 1. The highest BCUT2D eigenvalue weighted by atomic mass is 16.6. The number of non-ortho nitro benzene ring substituents is 1. The number of ether oxygens (including phenoxy) is 2. The number of amides is 1. The standard InChI is InChI=1S/C31H31N3O7/c35-29(23-10-12-26(13-11-23)41-21-22-6-2-1-3-7-22)27-28(24-8-4-9-25(20-24)34(38)39)33(31(37)30(27)36)15-5-14-32-16-18-40-19-17-32/h1-4,6-13,20,28,35H,5,14-19,21H2/b29-27+. The van der Waals surface area contributed by atoms with Crippen LogP contribution in [0.25, 0.3) is 5.76 Å². The largest absolute Gasteiger partial charge is 0.507 e. The maximum atomic E-state index is 13.3. The molecule has 1 atom stereocenters. The molecular weight excluding hydrogens is 526 g/mol. The van der Waals surface area contributed by atoms with Gasteiger partial charge in [0.15, 0.2) is 0 Å². The van der Waals surface area contributed by atoms with E-state index in [4.69, 9.17) is 9.47 Å². The molecule has 0 saturated carbocycles.